The maximum atomic E-state index is 9.35. The molecule has 1 aromatic heterocycles. The van der Waals surface area contributed by atoms with Crippen molar-refractivity contribution in [3.8, 4) is 5.75 Å². The number of aliphatic hydroxyl groups excluding tert-OH is 1. The van der Waals surface area contributed by atoms with Gasteiger partial charge < -0.3 is 19.3 Å². The summed E-state index contributed by atoms with van der Waals surface area (Å²) in [7, 11) is 5.67. The molecule has 2 rings (SSSR count). The van der Waals surface area contributed by atoms with E-state index in [0.29, 0.717) is 17.1 Å². The van der Waals surface area contributed by atoms with Crippen LogP contribution in [0.3, 0.4) is 0 Å². The van der Waals surface area contributed by atoms with Gasteiger partial charge in [0, 0.05) is 6.54 Å². The van der Waals surface area contributed by atoms with Crippen molar-refractivity contribution < 1.29 is 9.84 Å². The van der Waals surface area contributed by atoms with Crippen LogP contribution >= 0.6 is 12.2 Å². The van der Waals surface area contributed by atoms with Gasteiger partial charge in [-0.3, -0.25) is 5.10 Å². The van der Waals surface area contributed by atoms with Gasteiger partial charge in [0.1, 0.15) is 12.4 Å². The summed E-state index contributed by atoms with van der Waals surface area (Å²) in [6.45, 7) is 0.455. The largest absolute Gasteiger partial charge is 0.497 e. The van der Waals surface area contributed by atoms with E-state index < -0.39 is 0 Å². The van der Waals surface area contributed by atoms with E-state index in [4.69, 9.17) is 17.0 Å². The molecule has 0 bridgehead atoms. The molecule has 0 spiro atoms. The minimum atomic E-state index is -0.147. The Morgan fingerprint density at radius 2 is 2.24 bits per heavy atom. The molecule has 21 heavy (non-hydrogen) atoms. The second-order valence-corrected chi connectivity index (χ2v) is 5.36. The fourth-order valence-electron chi connectivity index (χ4n) is 2.25. The Bertz CT molecular complexity index is 650. The van der Waals surface area contributed by atoms with E-state index in [1.807, 2.05) is 36.9 Å². The number of H-pyrrole nitrogens is 1. The minimum Gasteiger partial charge on any atom is -0.497 e. The van der Waals surface area contributed by atoms with Gasteiger partial charge in [0.15, 0.2) is 10.6 Å². The van der Waals surface area contributed by atoms with Crippen LogP contribution in [0.4, 0.5) is 0 Å². The number of rotatable bonds is 6. The van der Waals surface area contributed by atoms with E-state index in [9.17, 15) is 5.11 Å². The monoisotopic (exact) mass is 308 g/mol. The van der Waals surface area contributed by atoms with Crippen molar-refractivity contribution >= 4 is 12.2 Å². The van der Waals surface area contributed by atoms with Crippen LogP contribution in [-0.2, 0) is 13.2 Å². The number of aromatic nitrogens is 3. The van der Waals surface area contributed by atoms with Crippen LogP contribution < -0.4 is 4.74 Å². The fourth-order valence-corrected chi connectivity index (χ4v) is 2.47. The fraction of sp³-hybridized carbons (Fsp3) is 0.429. The third-order valence-electron chi connectivity index (χ3n) is 3.44. The summed E-state index contributed by atoms with van der Waals surface area (Å²) in [5.41, 5.74) is 1.12. The number of benzene rings is 1. The number of hydrogen-bond donors (Lipinski definition) is 2. The number of nitrogens with one attached hydrogen (secondary N) is 1. The van der Waals surface area contributed by atoms with Gasteiger partial charge in [-0.25, -0.2) is 0 Å². The lowest BCUT2D eigenvalue weighted by atomic mass is 10.1. The van der Waals surface area contributed by atoms with Gasteiger partial charge in [0.05, 0.1) is 13.2 Å². The molecule has 2 N–H and O–H groups in total. The van der Waals surface area contributed by atoms with Crippen molar-refractivity contribution in [2.75, 3.05) is 21.2 Å². The highest BCUT2D eigenvalue weighted by Crippen LogP contribution is 2.24. The Morgan fingerprint density at radius 1 is 1.48 bits per heavy atom. The molecule has 0 aliphatic carbocycles. The maximum Gasteiger partial charge on any atom is 0.195 e. The molecule has 0 radical (unpaired) electrons. The SMILES string of the molecule is COc1cccc(C(Cn2c(CO)n[nH]c2=S)N(C)C)c1. The quantitative estimate of drug-likeness (QED) is 0.796. The first-order valence-electron chi connectivity index (χ1n) is 6.62. The Hall–Kier alpha value is -1.70. The molecule has 0 saturated heterocycles. The summed E-state index contributed by atoms with van der Waals surface area (Å²) in [5.74, 6) is 1.35. The number of aliphatic hydroxyl groups is 1. The molecule has 7 heteroatoms. The molecule has 0 saturated carbocycles. The van der Waals surface area contributed by atoms with Crippen molar-refractivity contribution in [2.24, 2.45) is 0 Å². The topological polar surface area (TPSA) is 66.3 Å². The summed E-state index contributed by atoms with van der Waals surface area (Å²) in [4.78, 5) is 2.10. The highest BCUT2D eigenvalue weighted by Gasteiger charge is 2.18. The first kappa shape index (κ1) is 15.7. The van der Waals surface area contributed by atoms with E-state index in [2.05, 4.69) is 21.2 Å². The van der Waals surface area contributed by atoms with Crippen molar-refractivity contribution in [1.29, 1.82) is 0 Å². The molecular weight excluding hydrogens is 288 g/mol. The first-order chi connectivity index (χ1) is 10.1. The molecule has 0 aliphatic heterocycles. The highest BCUT2D eigenvalue weighted by molar-refractivity contribution is 7.71. The third-order valence-corrected chi connectivity index (χ3v) is 3.75. The van der Waals surface area contributed by atoms with Crippen LogP contribution in [0.2, 0.25) is 0 Å². The number of methoxy groups -OCH3 is 1. The van der Waals surface area contributed by atoms with E-state index in [1.165, 1.54) is 0 Å². The van der Waals surface area contributed by atoms with Crippen LogP contribution in [0.1, 0.15) is 17.4 Å². The van der Waals surface area contributed by atoms with Crippen molar-refractivity contribution in [1.82, 2.24) is 19.7 Å². The molecule has 0 fully saturated rings. The number of nitrogens with zero attached hydrogens (tertiary/aromatic N) is 3. The lowest BCUT2D eigenvalue weighted by Gasteiger charge is -2.26. The smallest absolute Gasteiger partial charge is 0.195 e. The van der Waals surface area contributed by atoms with Crippen molar-refractivity contribution in [3.63, 3.8) is 0 Å². The zero-order valence-corrected chi connectivity index (χ0v) is 13.2. The maximum absolute atomic E-state index is 9.35. The summed E-state index contributed by atoms with van der Waals surface area (Å²) < 4.78 is 7.61. The van der Waals surface area contributed by atoms with Gasteiger partial charge in [0.2, 0.25) is 0 Å². The van der Waals surface area contributed by atoms with Gasteiger partial charge in [-0.2, -0.15) is 5.10 Å². The second kappa shape index (κ2) is 6.84. The van der Waals surface area contributed by atoms with Crippen LogP contribution in [-0.4, -0.2) is 46.0 Å². The lowest BCUT2D eigenvalue weighted by Crippen LogP contribution is -2.25. The average molecular weight is 308 g/mol. The molecule has 2 aromatic rings. The Balaban J connectivity index is 2.35. The minimum absolute atomic E-state index is 0.0923. The molecule has 0 aliphatic rings. The molecular formula is C14H20N4O2S. The van der Waals surface area contributed by atoms with Gasteiger partial charge in [-0.15, -0.1) is 0 Å². The van der Waals surface area contributed by atoms with Crippen molar-refractivity contribution in [2.45, 2.75) is 19.2 Å². The van der Waals surface area contributed by atoms with Gasteiger partial charge in [-0.1, -0.05) is 12.1 Å². The number of ether oxygens (including phenoxy) is 1. The number of aromatic amines is 1. The predicted octanol–water partition coefficient (Wildman–Crippen LogP) is 1.74. The molecule has 1 heterocycles. The molecule has 0 amide bonds. The molecule has 114 valence electrons. The average Bonchev–Trinajstić information content (AvgIpc) is 2.84. The predicted molar refractivity (Wildman–Crippen MR) is 82.8 cm³/mol. The standard InChI is InChI=1S/C14H20N4O2S/c1-17(2)12(10-5-4-6-11(7-10)20-3)8-18-13(9-19)15-16-14(18)21/h4-7,12,19H,8-9H2,1-3H3,(H,16,21). The number of hydrogen-bond acceptors (Lipinski definition) is 5. The summed E-state index contributed by atoms with van der Waals surface area (Å²) >= 11 is 5.23. The van der Waals surface area contributed by atoms with Crippen LogP contribution in [0.5, 0.6) is 5.75 Å². The van der Waals surface area contributed by atoms with E-state index >= 15 is 0 Å². The second-order valence-electron chi connectivity index (χ2n) is 4.97. The Kier molecular flexibility index (Phi) is 5.11. The summed E-state index contributed by atoms with van der Waals surface area (Å²) in [6.07, 6.45) is 0. The van der Waals surface area contributed by atoms with Crippen LogP contribution in [0.25, 0.3) is 0 Å². The van der Waals surface area contributed by atoms with Gasteiger partial charge >= 0.3 is 0 Å². The highest BCUT2D eigenvalue weighted by atomic mass is 32.1. The van der Waals surface area contributed by atoms with Crippen molar-refractivity contribution in [3.05, 3.63) is 40.4 Å². The van der Waals surface area contributed by atoms with Gasteiger partial charge in [0.25, 0.3) is 0 Å². The van der Waals surface area contributed by atoms with E-state index in [-0.39, 0.29) is 12.6 Å². The zero-order valence-electron chi connectivity index (χ0n) is 12.4. The summed E-state index contributed by atoms with van der Waals surface area (Å²) in [5, 5.41) is 16.1. The Labute approximate surface area is 129 Å². The van der Waals surface area contributed by atoms with E-state index in [1.54, 1.807) is 7.11 Å². The Morgan fingerprint density at radius 3 is 2.86 bits per heavy atom. The molecule has 1 unspecified atom stereocenters. The third kappa shape index (κ3) is 3.49. The van der Waals surface area contributed by atoms with Crippen LogP contribution in [0.15, 0.2) is 24.3 Å². The summed E-state index contributed by atoms with van der Waals surface area (Å²) in [6, 6.07) is 8.03. The molecule has 6 nitrogen and oxygen atoms in total. The lowest BCUT2D eigenvalue weighted by molar-refractivity contribution is 0.240. The normalized spacial score (nSPS) is 12.6. The molecule has 1 aromatic carbocycles. The van der Waals surface area contributed by atoms with Gasteiger partial charge in [-0.05, 0) is 44.0 Å². The number of likely N-dealkylation sites (N-methyl/N-ethyl adjacent to an activating group) is 1. The van der Waals surface area contributed by atoms with E-state index in [0.717, 1.165) is 11.3 Å². The molecule has 1 atom stereocenters. The van der Waals surface area contributed by atoms with Crippen LogP contribution in [0, 0.1) is 4.77 Å². The first-order valence-corrected chi connectivity index (χ1v) is 7.03. The zero-order chi connectivity index (χ0) is 15.4.